The maximum Gasteiger partial charge on any atom is 0.343 e. The van der Waals surface area contributed by atoms with Crippen LogP contribution in [-0.2, 0) is 11.2 Å². The van der Waals surface area contributed by atoms with Crippen LogP contribution in [0.1, 0.15) is 86.9 Å². The molecule has 0 aliphatic heterocycles. The fourth-order valence-electron chi connectivity index (χ4n) is 3.30. The lowest BCUT2D eigenvalue weighted by Crippen LogP contribution is -2.10. The van der Waals surface area contributed by atoms with E-state index in [9.17, 15) is 4.79 Å². The zero-order chi connectivity index (χ0) is 20.2. The van der Waals surface area contributed by atoms with Crippen molar-refractivity contribution >= 4 is 5.97 Å². The molecule has 0 spiro atoms. The zero-order valence-corrected chi connectivity index (χ0v) is 17.6. The Labute approximate surface area is 170 Å². The Balaban J connectivity index is 1.92. The second-order valence-electron chi connectivity index (χ2n) is 7.23. The molecule has 0 saturated carbocycles. The van der Waals surface area contributed by atoms with Crippen LogP contribution in [0.5, 0.6) is 5.75 Å². The van der Waals surface area contributed by atoms with Gasteiger partial charge in [-0.2, -0.15) is 0 Å². The van der Waals surface area contributed by atoms with Crippen molar-refractivity contribution in [3.63, 3.8) is 0 Å². The van der Waals surface area contributed by atoms with Gasteiger partial charge in [-0.25, -0.2) is 4.79 Å². The number of hydrogen-bond acceptors (Lipinski definition) is 3. The fraction of sp³-hybridized carbons (Fsp3) is 0.480. The number of carbonyl (C=O) groups is 1. The summed E-state index contributed by atoms with van der Waals surface area (Å²) >= 11 is 0. The molecule has 0 saturated heterocycles. The summed E-state index contributed by atoms with van der Waals surface area (Å²) in [5, 5.41) is 0. The maximum atomic E-state index is 12.6. The molecule has 0 radical (unpaired) electrons. The van der Waals surface area contributed by atoms with Crippen molar-refractivity contribution in [2.45, 2.75) is 71.8 Å². The number of carbonyl (C=O) groups excluding carboxylic acids is 1. The van der Waals surface area contributed by atoms with Crippen molar-refractivity contribution in [3.05, 3.63) is 65.2 Å². The van der Waals surface area contributed by atoms with Crippen LogP contribution >= 0.6 is 0 Å². The molecule has 1 unspecified atom stereocenters. The highest BCUT2D eigenvalue weighted by Gasteiger charge is 2.13. The van der Waals surface area contributed by atoms with E-state index in [0.29, 0.717) is 17.9 Å². The summed E-state index contributed by atoms with van der Waals surface area (Å²) in [4.78, 5) is 12.6. The summed E-state index contributed by atoms with van der Waals surface area (Å²) in [5.41, 5.74) is 2.72. The van der Waals surface area contributed by atoms with E-state index in [1.165, 1.54) is 32.1 Å². The van der Waals surface area contributed by atoms with E-state index in [0.717, 1.165) is 24.0 Å². The van der Waals surface area contributed by atoms with Crippen LogP contribution < -0.4 is 4.74 Å². The van der Waals surface area contributed by atoms with Gasteiger partial charge in [-0.1, -0.05) is 69.4 Å². The van der Waals surface area contributed by atoms with Gasteiger partial charge in [0.05, 0.1) is 11.7 Å². The zero-order valence-electron chi connectivity index (χ0n) is 17.6. The summed E-state index contributed by atoms with van der Waals surface area (Å²) in [6, 6.07) is 15.3. The standard InChI is InChI=1S/C25H34O3/c1-4-6-7-8-9-10-13-22-14-11-12-15-24(22)28-25(26)23-18-16-21(17-19-23)20(3)27-5-2/h11-12,14-20H,4-10,13H2,1-3H3. The van der Waals surface area contributed by atoms with E-state index in [1.807, 2.05) is 56.3 Å². The normalized spacial score (nSPS) is 12.0. The Morgan fingerprint density at radius 2 is 1.57 bits per heavy atom. The van der Waals surface area contributed by atoms with Gasteiger partial charge in [0.15, 0.2) is 0 Å². The van der Waals surface area contributed by atoms with Gasteiger partial charge in [0, 0.05) is 6.61 Å². The molecule has 0 fully saturated rings. The smallest absolute Gasteiger partial charge is 0.343 e. The lowest BCUT2D eigenvalue weighted by molar-refractivity contribution is 0.0727. The lowest BCUT2D eigenvalue weighted by atomic mass is 10.0. The highest BCUT2D eigenvalue weighted by atomic mass is 16.5. The molecule has 1 atom stereocenters. The fourth-order valence-corrected chi connectivity index (χ4v) is 3.30. The van der Waals surface area contributed by atoms with Crippen LogP contribution in [-0.4, -0.2) is 12.6 Å². The quantitative estimate of drug-likeness (QED) is 0.227. The number of hydrogen-bond donors (Lipinski definition) is 0. The van der Waals surface area contributed by atoms with E-state index in [4.69, 9.17) is 9.47 Å². The van der Waals surface area contributed by atoms with Crippen molar-refractivity contribution in [1.29, 1.82) is 0 Å². The molecule has 2 aromatic rings. The van der Waals surface area contributed by atoms with Crippen molar-refractivity contribution in [2.75, 3.05) is 6.61 Å². The minimum Gasteiger partial charge on any atom is -0.423 e. The monoisotopic (exact) mass is 382 g/mol. The third-order valence-corrected chi connectivity index (χ3v) is 5.01. The van der Waals surface area contributed by atoms with E-state index >= 15 is 0 Å². The lowest BCUT2D eigenvalue weighted by Gasteiger charge is -2.13. The van der Waals surface area contributed by atoms with Crippen molar-refractivity contribution < 1.29 is 14.3 Å². The number of ether oxygens (including phenoxy) is 2. The number of rotatable bonds is 12. The third kappa shape index (κ3) is 7.12. The first kappa shape index (κ1) is 22.2. The molecule has 152 valence electrons. The summed E-state index contributed by atoms with van der Waals surface area (Å²) in [7, 11) is 0. The Morgan fingerprint density at radius 3 is 2.29 bits per heavy atom. The van der Waals surface area contributed by atoms with Gasteiger partial charge < -0.3 is 9.47 Å². The van der Waals surface area contributed by atoms with Gasteiger partial charge in [0.25, 0.3) is 0 Å². The van der Waals surface area contributed by atoms with Crippen molar-refractivity contribution in [2.24, 2.45) is 0 Å². The van der Waals surface area contributed by atoms with Gasteiger partial charge in [-0.15, -0.1) is 0 Å². The van der Waals surface area contributed by atoms with Crippen LogP contribution in [0.15, 0.2) is 48.5 Å². The van der Waals surface area contributed by atoms with E-state index in [-0.39, 0.29) is 12.1 Å². The molecule has 0 bridgehead atoms. The number of para-hydroxylation sites is 1. The van der Waals surface area contributed by atoms with Crippen molar-refractivity contribution in [1.82, 2.24) is 0 Å². The highest BCUT2D eigenvalue weighted by Crippen LogP contribution is 2.23. The second kappa shape index (κ2) is 12.4. The number of aryl methyl sites for hydroxylation is 1. The number of benzene rings is 2. The average molecular weight is 383 g/mol. The molecular formula is C25H34O3. The van der Waals surface area contributed by atoms with Gasteiger partial charge >= 0.3 is 5.97 Å². The first-order valence-electron chi connectivity index (χ1n) is 10.7. The van der Waals surface area contributed by atoms with Crippen LogP contribution in [0.3, 0.4) is 0 Å². The predicted octanol–water partition coefficient (Wildman–Crippen LogP) is 6.91. The molecule has 0 heterocycles. The molecule has 0 amide bonds. The molecule has 2 rings (SSSR count). The predicted molar refractivity (Wildman–Crippen MR) is 115 cm³/mol. The SMILES string of the molecule is CCCCCCCCc1ccccc1OC(=O)c1ccc(C(C)OCC)cc1. The Kier molecular flexibility index (Phi) is 9.78. The van der Waals surface area contributed by atoms with E-state index in [2.05, 4.69) is 13.0 Å². The van der Waals surface area contributed by atoms with Gasteiger partial charge in [0.2, 0.25) is 0 Å². The number of unbranched alkanes of at least 4 members (excludes halogenated alkanes) is 5. The Morgan fingerprint density at radius 1 is 0.893 bits per heavy atom. The third-order valence-electron chi connectivity index (χ3n) is 5.01. The van der Waals surface area contributed by atoms with Gasteiger partial charge in [0.1, 0.15) is 5.75 Å². The highest BCUT2D eigenvalue weighted by molar-refractivity contribution is 5.91. The summed E-state index contributed by atoms with van der Waals surface area (Å²) in [5.74, 6) is 0.360. The summed E-state index contributed by atoms with van der Waals surface area (Å²) in [6.45, 7) is 6.89. The summed E-state index contributed by atoms with van der Waals surface area (Å²) < 4.78 is 11.3. The molecule has 0 aliphatic carbocycles. The Hall–Kier alpha value is -2.13. The Bertz CT molecular complexity index is 706. The van der Waals surface area contributed by atoms with Crippen LogP contribution in [0.4, 0.5) is 0 Å². The maximum absolute atomic E-state index is 12.6. The molecule has 2 aromatic carbocycles. The number of esters is 1. The van der Waals surface area contributed by atoms with E-state index in [1.54, 1.807) is 0 Å². The molecular weight excluding hydrogens is 348 g/mol. The van der Waals surface area contributed by atoms with Crippen LogP contribution in [0, 0.1) is 0 Å². The first-order valence-corrected chi connectivity index (χ1v) is 10.7. The van der Waals surface area contributed by atoms with Gasteiger partial charge in [-0.3, -0.25) is 0 Å². The first-order chi connectivity index (χ1) is 13.7. The summed E-state index contributed by atoms with van der Waals surface area (Å²) in [6.07, 6.45) is 8.49. The molecule has 0 aliphatic rings. The van der Waals surface area contributed by atoms with Crippen LogP contribution in [0.25, 0.3) is 0 Å². The largest absolute Gasteiger partial charge is 0.423 e. The molecule has 0 N–H and O–H groups in total. The second-order valence-corrected chi connectivity index (χ2v) is 7.23. The van der Waals surface area contributed by atoms with Crippen LogP contribution in [0.2, 0.25) is 0 Å². The molecule has 28 heavy (non-hydrogen) atoms. The molecule has 3 heteroatoms. The minimum atomic E-state index is -0.314. The molecule has 0 aromatic heterocycles. The minimum absolute atomic E-state index is 0.0214. The molecule has 3 nitrogen and oxygen atoms in total. The topological polar surface area (TPSA) is 35.5 Å². The van der Waals surface area contributed by atoms with Crippen molar-refractivity contribution in [3.8, 4) is 5.75 Å². The average Bonchev–Trinajstić information content (AvgIpc) is 2.72. The van der Waals surface area contributed by atoms with Gasteiger partial charge in [-0.05, 0) is 56.0 Å². The van der Waals surface area contributed by atoms with E-state index < -0.39 is 0 Å².